The van der Waals surface area contributed by atoms with Crippen LogP contribution in [0.1, 0.15) is 11.5 Å². The molecule has 3 aromatic rings. The second kappa shape index (κ2) is 10.8. The molecule has 0 aliphatic carbocycles. The fourth-order valence-corrected chi connectivity index (χ4v) is 4.32. The Morgan fingerprint density at radius 1 is 1.26 bits per heavy atom. The molecule has 12 heteroatoms. The van der Waals surface area contributed by atoms with Gasteiger partial charge >= 0.3 is 0 Å². The van der Waals surface area contributed by atoms with E-state index in [0.717, 1.165) is 5.69 Å². The summed E-state index contributed by atoms with van der Waals surface area (Å²) < 4.78 is 1.73. The van der Waals surface area contributed by atoms with Gasteiger partial charge in [0.1, 0.15) is 5.82 Å². The van der Waals surface area contributed by atoms with Gasteiger partial charge in [0.05, 0.1) is 33.6 Å². The largest absolute Gasteiger partial charge is 0.324 e. The molecule has 0 radical (unpaired) electrons. The number of hydrogen-bond acceptors (Lipinski definition) is 7. The quantitative estimate of drug-likeness (QED) is 0.335. The Hall–Kier alpha value is -2.40. The molecule has 2 aromatic heterocycles. The van der Waals surface area contributed by atoms with E-state index in [0.29, 0.717) is 33.4 Å². The summed E-state index contributed by atoms with van der Waals surface area (Å²) >= 11 is 14.7. The van der Waals surface area contributed by atoms with Gasteiger partial charge in [-0.25, -0.2) is 4.98 Å². The van der Waals surface area contributed by atoms with Crippen molar-refractivity contribution in [1.29, 1.82) is 0 Å². The van der Waals surface area contributed by atoms with E-state index in [1.807, 2.05) is 12.3 Å². The van der Waals surface area contributed by atoms with E-state index < -0.39 is 0 Å². The maximum Gasteiger partial charge on any atom is 0.236 e. The molecule has 2 heterocycles. The molecule has 0 unspecified atom stereocenters. The number of thioether (sulfide) groups is 1. The molecular formula is C19H18Cl2N6O2S2. The van der Waals surface area contributed by atoms with E-state index in [9.17, 15) is 9.59 Å². The van der Waals surface area contributed by atoms with Crippen molar-refractivity contribution >= 4 is 68.9 Å². The molecule has 2 amide bonds. The molecule has 0 spiro atoms. The van der Waals surface area contributed by atoms with E-state index in [2.05, 4.69) is 32.4 Å². The van der Waals surface area contributed by atoms with Crippen LogP contribution >= 0.6 is 46.3 Å². The highest BCUT2D eigenvalue weighted by molar-refractivity contribution is 7.99. The fraction of sp³-hybridized carbons (Fsp3) is 0.211. The lowest BCUT2D eigenvalue weighted by molar-refractivity contribution is -0.116. The van der Waals surface area contributed by atoms with Gasteiger partial charge in [-0.05, 0) is 19.1 Å². The van der Waals surface area contributed by atoms with E-state index in [-0.39, 0.29) is 29.0 Å². The van der Waals surface area contributed by atoms with Gasteiger partial charge in [-0.15, -0.1) is 28.1 Å². The van der Waals surface area contributed by atoms with Crippen molar-refractivity contribution < 1.29 is 9.59 Å². The minimum Gasteiger partial charge on any atom is -0.324 e. The number of nitrogens with zero attached hydrogens (tertiary/aromatic N) is 4. The third-order valence-corrected chi connectivity index (χ3v) is 6.51. The Morgan fingerprint density at radius 2 is 2.06 bits per heavy atom. The standard InChI is InChI=1S/C19H18Cl2N6O2S2/c1-3-7-27-14(8-15(28)23-13-6-4-5-12(20)17(13)21)25-26-19(27)31-10-16(29)24-18-22-11(2)9-30-18/h3-6,9H,1,7-8,10H2,2H3,(H,23,28)(H,22,24,29). The van der Waals surface area contributed by atoms with Gasteiger partial charge in [0.2, 0.25) is 11.8 Å². The molecule has 31 heavy (non-hydrogen) atoms. The molecule has 3 rings (SSSR count). The van der Waals surface area contributed by atoms with E-state index in [1.54, 1.807) is 28.8 Å². The highest BCUT2D eigenvalue weighted by atomic mass is 35.5. The lowest BCUT2D eigenvalue weighted by Crippen LogP contribution is -2.18. The molecule has 0 fully saturated rings. The van der Waals surface area contributed by atoms with Gasteiger partial charge in [0, 0.05) is 11.9 Å². The predicted molar refractivity (Wildman–Crippen MR) is 125 cm³/mol. The van der Waals surface area contributed by atoms with Crippen LogP contribution in [-0.2, 0) is 22.6 Å². The first kappa shape index (κ1) is 23.3. The summed E-state index contributed by atoms with van der Waals surface area (Å²) in [7, 11) is 0. The summed E-state index contributed by atoms with van der Waals surface area (Å²) in [5, 5.41) is 17.2. The SMILES string of the molecule is C=CCn1c(CC(=O)Nc2cccc(Cl)c2Cl)nnc1SCC(=O)Nc1nc(C)cs1. The highest BCUT2D eigenvalue weighted by Crippen LogP contribution is 2.29. The van der Waals surface area contributed by atoms with Crippen LogP contribution in [0, 0.1) is 6.92 Å². The topological polar surface area (TPSA) is 102 Å². The molecule has 2 N–H and O–H groups in total. The number of anilines is 2. The Balaban J connectivity index is 1.63. The number of rotatable bonds is 9. The van der Waals surface area contributed by atoms with E-state index >= 15 is 0 Å². The summed E-state index contributed by atoms with van der Waals surface area (Å²) in [6, 6.07) is 4.98. The zero-order valence-electron chi connectivity index (χ0n) is 16.4. The number of allylic oxidation sites excluding steroid dienone is 1. The molecule has 162 valence electrons. The van der Waals surface area contributed by atoms with Crippen molar-refractivity contribution in [2.45, 2.75) is 25.0 Å². The Morgan fingerprint density at radius 3 is 2.77 bits per heavy atom. The van der Waals surface area contributed by atoms with Crippen molar-refractivity contribution in [1.82, 2.24) is 19.7 Å². The molecule has 0 bridgehead atoms. The molecule has 8 nitrogen and oxygen atoms in total. The third-order valence-electron chi connectivity index (χ3n) is 3.85. The average Bonchev–Trinajstić information content (AvgIpc) is 3.30. The fourth-order valence-electron chi connectivity index (χ4n) is 2.50. The lowest BCUT2D eigenvalue weighted by Gasteiger charge is -2.09. The number of aromatic nitrogens is 4. The van der Waals surface area contributed by atoms with Crippen LogP contribution in [0.5, 0.6) is 0 Å². The van der Waals surface area contributed by atoms with Crippen LogP contribution in [0.2, 0.25) is 10.0 Å². The molecule has 0 atom stereocenters. The van der Waals surface area contributed by atoms with Gasteiger partial charge in [-0.2, -0.15) is 0 Å². The monoisotopic (exact) mass is 496 g/mol. The van der Waals surface area contributed by atoms with Crippen molar-refractivity contribution in [3.63, 3.8) is 0 Å². The summed E-state index contributed by atoms with van der Waals surface area (Å²) in [6.45, 7) is 5.98. The summed E-state index contributed by atoms with van der Waals surface area (Å²) in [6.07, 6.45) is 1.63. The van der Waals surface area contributed by atoms with Crippen molar-refractivity contribution in [2.24, 2.45) is 0 Å². The smallest absolute Gasteiger partial charge is 0.236 e. The van der Waals surface area contributed by atoms with Gasteiger partial charge in [0.15, 0.2) is 10.3 Å². The zero-order chi connectivity index (χ0) is 22.4. The maximum atomic E-state index is 12.5. The van der Waals surface area contributed by atoms with Crippen LogP contribution < -0.4 is 10.6 Å². The normalized spacial score (nSPS) is 10.7. The summed E-state index contributed by atoms with van der Waals surface area (Å²) in [5.41, 5.74) is 1.26. The number of thiazole rings is 1. The summed E-state index contributed by atoms with van der Waals surface area (Å²) in [5.74, 6) is 0.0322. The number of carbonyl (C=O) groups is 2. The first-order chi connectivity index (χ1) is 14.9. The number of halogens is 2. The maximum absolute atomic E-state index is 12.5. The molecule has 0 saturated heterocycles. The minimum atomic E-state index is -0.324. The van der Waals surface area contributed by atoms with Crippen molar-refractivity contribution in [3.05, 3.63) is 57.8 Å². The highest BCUT2D eigenvalue weighted by Gasteiger charge is 2.17. The molecule has 0 aliphatic heterocycles. The zero-order valence-corrected chi connectivity index (χ0v) is 19.5. The van der Waals surface area contributed by atoms with Crippen molar-refractivity contribution in [2.75, 3.05) is 16.4 Å². The van der Waals surface area contributed by atoms with E-state index in [1.165, 1.54) is 23.1 Å². The first-order valence-corrected chi connectivity index (χ1v) is 11.6. The van der Waals surface area contributed by atoms with Crippen LogP contribution in [0.25, 0.3) is 0 Å². The summed E-state index contributed by atoms with van der Waals surface area (Å²) in [4.78, 5) is 28.9. The Kier molecular flexibility index (Phi) is 8.08. The number of hydrogen-bond donors (Lipinski definition) is 2. The van der Waals surface area contributed by atoms with Gasteiger partial charge in [0.25, 0.3) is 0 Å². The van der Waals surface area contributed by atoms with Crippen LogP contribution in [0.4, 0.5) is 10.8 Å². The first-order valence-electron chi connectivity index (χ1n) is 8.99. The number of aryl methyl sites for hydroxylation is 1. The van der Waals surface area contributed by atoms with Gasteiger partial charge in [-0.1, -0.05) is 47.1 Å². The minimum absolute atomic E-state index is 0.0329. The van der Waals surface area contributed by atoms with Gasteiger partial charge in [-0.3, -0.25) is 9.59 Å². The Bertz CT molecular complexity index is 1110. The van der Waals surface area contributed by atoms with E-state index in [4.69, 9.17) is 23.2 Å². The van der Waals surface area contributed by atoms with Crippen LogP contribution in [0.15, 0.2) is 41.4 Å². The van der Waals surface area contributed by atoms with Crippen LogP contribution in [-0.4, -0.2) is 37.3 Å². The van der Waals surface area contributed by atoms with Crippen molar-refractivity contribution in [3.8, 4) is 0 Å². The molecule has 0 aliphatic rings. The molecule has 0 saturated carbocycles. The van der Waals surface area contributed by atoms with Gasteiger partial charge < -0.3 is 15.2 Å². The molecular weight excluding hydrogens is 479 g/mol. The van der Waals surface area contributed by atoms with Crippen LogP contribution in [0.3, 0.4) is 0 Å². The molecule has 1 aromatic carbocycles. The third kappa shape index (κ3) is 6.30. The number of benzene rings is 1. The number of amides is 2. The second-order valence-electron chi connectivity index (χ2n) is 6.26. The predicted octanol–water partition coefficient (Wildman–Crippen LogP) is 4.45. The second-order valence-corrected chi connectivity index (χ2v) is 8.84. The Labute approximate surface area is 197 Å². The average molecular weight is 497 g/mol. The number of carbonyl (C=O) groups excluding carboxylic acids is 2. The lowest BCUT2D eigenvalue weighted by atomic mass is 10.3. The number of nitrogens with one attached hydrogen (secondary N) is 2.